The van der Waals surface area contributed by atoms with Gasteiger partial charge in [-0.05, 0) is 51.8 Å². The Labute approximate surface area is 204 Å². The lowest BCUT2D eigenvalue weighted by Crippen LogP contribution is -2.39. The molecule has 0 aromatic heterocycles. The Morgan fingerprint density at radius 2 is 1.94 bits per heavy atom. The predicted octanol–water partition coefficient (Wildman–Crippen LogP) is 3.02. The van der Waals surface area contributed by atoms with Gasteiger partial charge in [-0.1, -0.05) is 18.2 Å². The van der Waals surface area contributed by atoms with Crippen LogP contribution in [0.3, 0.4) is 0 Å². The Hall–Kier alpha value is -1.55. The van der Waals surface area contributed by atoms with Gasteiger partial charge >= 0.3 is 0 Å². The van der Waals surface area contributed by atoms with Gasteiger partial charge in [0.25, 0.3) is 0 Å². The molecule has 1 atom stereocenters. The van der Waals surface area contributed by atoms with E-state index in [2.05, 4.69) is 34.6 Å². The first-order chi connectivity index (χ1) is 14.7. The molecule has 2 aliphatic heterocycles. The van der Waals surface area contributed by atoms with Crippen LogP contribution >= 0.6 is 24.0 Å². The predicted molar refractivity (Wildman–Crippen MR) is 136 cm³/mol. The van der Waals surface area contributed by atoms with Crippen molar-refractivity contribution >= 4 is 35.8 Å². The first-order valence-corrected chi connectivity index (χ1v) is 11.4. The first kappa shape index (κ1) is 25.7. The molecule has 0 saturated carbocycles. The third kappa shape index (κ3) is 7.52. The second kappa shape index (κ2) is 13.8. The number of nitrogens with zero attached hydrogens (tertiary/aromatic N) is 3. The van der Waals surface area contributed by atoms with Crippen LogP contribution in [-0.2, 0) is 4.79 Å². The van der Waals surface area contributed by atoms with Gasteiger partial charge < -0.3 is 20.3 Å². The molecule has 7 nitrogen and oxygen atoms in total. The lowest BCUT2D eigenvalue weighted by atomic mass is 10.0. The second-order valence-electron chi connectivity index (χ2n) is 7.99. The summed E-state index contributed by atoms with van der Waals surface area (Å²) in [5.41, 5.74) is 1.20. The van der Waals surface area contributed by atoms with Crippen molar-refractivity contribution in [1.82, 2.24) is 20.4 Å². The molecule has 2 fully saturated rings. The van der Waals surface area contributed by atoms with Crippen LogP contribution in [0.1, 0.15) is 50.6 Å². The van der Waals surface area contributed by atoms with Gasteiger partial charge in [0, 0.05) is 38.2 Å². The summed E-state index contributed by atoms with van der Waals surface area (Å²) in [5.74, 6) is 2.06. The van der Waals surface area contributed by atoms with Crippen LogP contribution in [0.5, 0.6) is 5.75 Å². The van der Waals surface area contributed by atoms with E-state index in [0.717, 1.165) is 63.8 Å². The number of rotatable bonds is 10. The summed E-state index contributed by atoms with van der Waals surface area (Å²) in [7, 11) is 1.74. The Morgan fingerprint density at radius 3 is 2.61 bits per heavy atom. The molecule has 2 aliphatic rings. The number of carbonyl (C=O) groups is 1. The number of carbonyl (C=O) groups excluding carboxylic acids is 1. The molecule has 8 heteroatoms. The number of likely N-dealkylation sites (tertiary alicyclic amines) is 2. The molecule has 174 valence electrons. The number of aliphatic imine (C=N–C) groups is 1. The van der Waals surface area contributed by atoms with E-state index in [1.807, 2.05) is 17.0 Å². The Morgan fingerprint density at radius 1 is 1.16 bits per heavy atom. The molecule has 0 aliphatic carbocycles. The van der Waals surface area contributed by atoms with Gasteiger partial charge in [0.1, 0.15) is 5.75 Å². The topological polar surface area (TPSA) is 69.2 Å². The SMILES string of the molecule is CCNC(=NCC(c1ccccc1OC)N1CCCC1)NCCCN1CCCC1=O.I. The van der Waals surface area contributed by atoms with Crippen LogP contribution in [0.15, 0.2) is 29.3 Å². The van der Waals surface area contributed by atoms with Gasteiger partial charge in [-0.3, -0.25) is 14.7 Å². The van der Waals surface area contributed by atoms with Crippen molar-refractivity contribution in [1.29, 1.82) is 0 Å². The van der Waals surface area contributed by atoms with Crippen molar-refractivity contribution < 1.29 is 9.53 Å². The van der Waals surface area contributed by atoms with E-state index < -0.39 is 0 Å². The largest absolute Gasteiger partial charge is 0.496 e. The maximum atomic E-state index is 11.7. The van der Waals surface area contributed by atoms with E-state index in [1.54, 1.807) is 7.11 Å². The van der Waals surface area contributed by atoms with Gasteiger partial charge in [-0.15, -0.1) is 24.0 Å². The van der Waals surface area contributed by atoms with Gasteiger partial charge in [-0.2, -0.15) is 0 Å². The molecule has 2 N–H and O–H groups in total. The number of nitrogens with one attached hydrogen (secondary N) is 2. The van der Waals surface area contributed by atoms with Gasteiger partial charge in [0.15, 0.2) is 5.96 Å². The quantitative estimate of drug-likeness (QED) is 0.206. The van der Waals surface area contributed by atoms with Crippen molar-refractivity contribution in [3.05, 3.63) is 29.8 Å². The fourth-order valence-electron chi connectivity index (χ4n) is 4.34. The van der Waals surface area contributed by atoms with E-state index in [-0.39, 0.29) is 30.0 Å². The zero-order valence-electron chi connectivity index (χ0n) is 18.9. The summed E-state index contributed by atoms with van der Waals surface area (Å²) >= 11 is 0. The van der Waals surface area contributed by atoms with Crippen molar-refractivity contribution in [2.45, 2.75) is 45.1 Å². The van der Waals surface area contributed by atoms with Crippen LogP contribution in [0.2, 0.25) is 0 Å². The van der Waals surface area contributed by atoms with Gasteiger partial charge in [0.2, 0.25) is 5.91 Å². The van der Waals surface area contributed by atoms with Crippen molar-refractivity contribution in [2.24, 2.45) is 4.99 Å². The fraction of sp³-hybridized carbons (Fsp3) is 0.652. The number of benzene rings is 1. The maximum Gasteiger partial charge on any atom is 0.222 e. The summed E-state index contributed by atoms with van der Waals surface area (Å²) in [6, 6.07) is 8.49. The molecule has 1 amide bonds. The molecule has 0 spiro atoms. The number of para-hydroxylation sites is 1. The molecule has 2 heterocycles. The standard InChI is InChI=1S/C23H37N5O2.HI/c1-3-24-23(25-13-9-17-28-16-8-12-22(28)29)26-18-20(27-14-6-7-15-27)19-10-4-5-11-21(19)30-2;/h4-5,10-11,20H,3,6-9,12-18H2,1-2H3,(H2,24,25,26);1H. The molecule has 31 heavy (non-hydrogen) atoms. The molecule has 1 aromatic rings. The molecule has 1 aromatic carbocycles. The Balaban J connectivity index is 0.00000341. The Kier molecular flexibility index (Phi) is 11.4. The fourth-order valence-corrected chi connectivity index (χ4v) is 4.34. The lowest BCUT2D eigenvalue weighted by molar-refractivity contribution is -0.127. The highest BCUT2D eigenvalue weighted by atomic mass is 127. The zero-order valence-corrected chi connectivity index (χ0v) is 21.3. The van der Waals surface area contributed by atoms with Crippen LogP contribution in [0.4, 0.5) is 0 Å². The van der Waals surface area contributed by atoms with Crippen molar-refractivity contribution in [3.8, 4) is 5.75 Å². The summed E-state index contributed by atoms with van der Waals surface area (Å²) < 4.78 is 5.64. The lowest BCUT2D eigenvalue weighted by Gasteiger charge is -2.28. The van der Waals surface area contributed by atoms with Crippen LogP contribution in [-0.4, -0.2) is 74.6 Å². The minimum Gasteiger partial charge on any atom is -0.496 e. The summed E-state index contributed by atoms with van der Waals surface area (Å²) in [5, 5.41) is 6.79. The van der Waals surface area contributed by atoms with Gasteiger partial charge in [-0.25, -0.2) is 0 Å². The highest BCUT2D eigenvalue weighted by molar-refractivity contribution is 14.0. The summed E-state index contributed by atoms with van der Waals surface area (Å²) in [6.45, 7) is 8.32. The summed E-state index contributed by atoms with van der Waals surface area (Å²) in [4.78, 5) is 21.1. The number of guanidine groups is 1. The molecule has 2 saturated heterocycles. The molecular formula is C23H38IN5O2. The molecule has 0 bridgehead atoms. The highest BCUT2D eigenvalue weighted by Crippen LogP contribution is 2.31. The van der Waals surface area contributed by atoms with E-state index in [4.69, 9.17) is 9.73 Å². The molecule has 1 unspecified atom stereocenters. The number of hydrogen-bond donors (Lipinski definition) is 2. The smallest absolute Gasteiger partial charge is 0.222 e. The minimum absolute atomic E-state index is 0. The van der Waals surface area contributed by atoms with E-state index in [0.29, 0.717) is 18.9 Å². The van der Waals surface area contributed by atoms with Crippen molar-refractivity contribution in [2.75, 3.05) is 52.9 Å². The number of amides is 1. The van der Waals surface area contributed by atoms with E-state index >= 15 is 0 Å². The zero-order chi connectivity index (χ0) is 21.2. The van der Waals surface area contributed by atoms with Crippen molar-refractivity contribution in [3.63, 3.8) is 0 Å². The monoisotopic (exact) mass is 543 g/mol. The summed E-state index contributed by atoms with van der Waals surface area (Å²) in [6.07, 6.45) is 5.11. The minimum atomic E-state index is 0. The first-order valence-electron chi connectivity index (χ1n) is 11.4. The average Bonchev–Trinajstić information content (AvgIpc) is 3.44. The second-order valence-corrected chi connectivity index (χ2v) is 7.99. The van der Waals surface area contributed by atoms with E-state index in [1.165, 1.54) is 18.4 Å². The third-order valence-electron chi connectivity index (χ3n) is 5.91. The Bertz CT molecular complexity index is 709. The molecular weight excluding hydrogens is 505 g/mol. The molecule has 0 radical (unpaired) electrons. The van der Waals surface area contributed by atoms with Gasteiger partial charge in [0.05, 0.1) is 19.7 Å². The average molecular weight is 543 g/mol. The number of methoxy groups -OCH3 is 1. The van der Waals surface area contributed by atoms with Crippen LogP contribution in [0, 0.1) is 0 Å². The third-order valence-corrected chi connectivity index (χ3v) is 5.91. The number of ether oxygens (including phenoxy) is 1. The van der Waals surface area contributed by atoms with Crippen LogP contribution in [0.25, 0.3) is 0 Å². The number of hydrogen-bond acceptors (Lipinski definition) is 4. The highest BCUT2D eigenvalue weighted by Gasteiger charge is 2.26. The number of halogens is 1. The molecule has 3 rings (SSSR count). The normalized spacial score (nSPS) is 18.1. The maximum absolute atomic E-state index is 11.7. The van der Waals surface area contributed by atoms with E-state index in [9.17, 15) is 4.79 Å². The van der Waals surface area contributed by atoms with Crippen LogP contribution < -0.4 is 15.4 Å².